The summed E-state index contributed by atoms with van der Waals surface area (Å²) in [5.41, 5.74) is 2.82. The third kappa shape index (κ3) is 5.60. The van der Waals surface area contributed by atoms with Gasteiger partial charge in [-0.25, -0.2) is 13.4 Å². The lowest BCUT2D eigenvalue weighted by Gasteiger charge is -2.16. The van der Waals surface area contributed by atoms with Crippen molar-refractivity contribution in [3.63, 3.8) is 0 Å². The second kappa shape index (κ2) is 11.3. The number of rotatable bonds is 10. The molecule has 0 N–H and O–H groups in total. The first-order valence-electron chi connectivity index (χ1n) is 11.6. The van der Waals surface area contributed by atoms with Gasteiger partial charge in [0, 0.05) is 38.7 Å². The lowest BCUT2D eigenvalue weighted by molar-refractivity contribution is 0.190. The third-order valence-corrected chi connectivity index (χ3v) is 8.53. The molecule has 182 valence electrons. The zero-order valence-corrected chi connectivity index (χ0v) is 21.3. The van der Waals surface area contributed by atoms with E-state index in [1.165, 1.54) is 0 Å². The summed E-state index contributed by atoms with van der Waals surface area (Å²) in [4.78, 5) is 6.08. The minimum Gasteiger partial charge on any atom is -0.494 e. The van der Waals surface area contributed by atoms with Gasteiger partial charge in [0.1, 0.15) is 5.75 Å². The summed E-state index contributed by atoms with van der Waals surface area (Å²) in [7, 11) is -1.73. The average Bonchev–Trinajstić information content (AvgIpc) is 3.52. The van der Waals surface area contributed by atoms with E-state index in [4.69, 9.17) is 14.5 Å². The van der Waals surface area contributed by atoms with Gasteiger partial charge in [0.05, 0.1) is 22.9 Å². The van der Waals surface area contributed by atoms with E-state index in [0.29, 0.717) is 31.2 Å². The van der Waals surface area contributed by atoms with Crippen LogP contribution in [0.15, 0.2) is 63.8 Å². The molecule has 4 rings (SSSR count). The fourth-order valence-electron chi connectivity index (χ4n) is 4.00. The van der Waals surface area contributed by atoms with Crippen LogP contribution in [0, 0.1) is 0 Å². The highest BCUT2D eigenvalue weighted by Crippen LogP contribution is 2.26. The summed E-state index contributed by atoms with van der Waals surface area (Å²) in [5.74, 6) is 0.824. The van der Waals surface area contributed by atoms with Crippen molar-refractivity contribution in [2.75, 3.05) is 33.4 Å². The molecular weight excluding hydrogens is 470 g/mol. The van der Waals surface area contributed by atoms with Gasteiger partial charge in [0.25, 0.3) is 0 Å². The predicted octanol–water partition coefficient (Wildman–Crippen LogP) is 4.67. The summed E-state index contributed by atoms with van der Waals surface area (Å²) in [6.45, 7) is 5.19. The Labute approximate surface area is 205 Å². The third-order valence-electron chi connectivity index (χ3n) is 5.75. The van der Waals surface area contributed by atoms with Gasteiger partial charge < -0.3 is 14.0 Å². The Bertz CT molecular complexity index is 1240. The van der Waals surface area contributed by atoms with Crippen molar-refractivity contribution in [1.29, 1.82) is 0 Å². The number of hydrogen-bond donors (Lipinski definition) is 0. The average molecular weight is 502 g/mol. The summed E-state index contributed by atoms with van der Waals surface area (Å²) in [5, 5.41) is 2.07. The zero-order valence-electron chi connectivity index (χ0n) is 19.6. The molecule has 0 amide bonds. The van der Waals surface area contributed by atoms with E-state index in [2.05, 4.69) is 9.95 Å². The minimum absolute atomic E-state index is 0.346. The summed E-state index contributed by atoms with van der Waals surface area (Å²) >= 11 is 1.57. The Morgan fingerprint density at radius 3 is 2.38 bits per heavy atom. The molecule has 0 radical (unpaired) electrons. The predicted molar refractivity (Wildman–Crippen MR) is 135 cm³/mol. The highest BCUT2D eigenvalue weighted by Gasteiger charge is 2.27. The monoisotopic (exact) mass is 501 g/mol. The van der Waals surface area contributed by atoms with Gasteiger partial charge in [-0.05, 0) is 68.1 Å². The van der Waals surface area contributed by atoms with E-state index in [-0.39, 0.29) is 0 Å². The maximum Gasteiger partial charge on any atom is 0.243 e. The Morgan fingerprint density at radius 1 is 1.03 bits per heavy atom. The smallest absolute Gasteiger partial charge is 0.243 e. The maximum absolute atomic E-state index is 12.9. The molecule has 7 nitrogen and oxygen atoms in total. The van der Waals surface area contributed by atoms with Gasteiger partial charge in [0.2, 0.25) is 10.0 Å². The van der Waals surface area contributed by atoms with Crippen LogP contribution in [-0.4, -0.2) is 50.7 Å². The Balaban J connectivity index is 1.65. The first kappa shape index (κ1) is 24.7. The molecule has 0 atom stereocenters. The van der Waals surface area contributed by atoms with Crippen molar-refractivity contribution in [3.05, 3.63) is 58.7 Å². The van der Waals surface area contributed by atoms with Crippen LogP contribution in [0.5, 0.6) is 5.75 Å². The first-order chi connectivity index (χ1) is 16.5. The van der Waals surface area contributed by atoms with E-state index in [1.54, 1.807) is 34.9 Å². The number of nitrogens with zero attached hydrogens (tertiary/aromatic N) is 3. The van der Waals surface area contributed by atoms with E-state index in [0.717, 1.165) is 53.3 Å². The SMILES string of the molecule is CCOc1ccc(N=c2scc(-c3ccc(S(=O)(=O)N4CCCC4)cc3)n2CCCOC)cc1. The van der Waals surface area contributed by atoms with Crippen LogP contribution in [0.4, 0.5) is 5.69 Å². The molecular formula is C25H31N3O4S2. The Morgan fingerprint density at radius 2 is 1.74 bits per heavy atom. The molecule has 0 unspecified atom stereocenters. The molecule has 2 aromatic carbocycles. The Kier molecular flexibility index (Phi) is 8.20. The number of methoxy groups -OCH3 is 1. The maximum atomic E-state index is 12.9. The second-order valence-electron chi connectivity index (χ2n) is 8.08. The molecule has 0 aliphatic carbocycles. The fraction of sp³-hybridized carbons (Fsp3) is 0.400. The molecule has 1 fully saturated rings. The van der Waals surface area contributed by atoms with E-state index < -0.39 is 10.0 Å². The number of hydrogen-bond acceptors (Lipinski definition) is 6. The summed E-state index contributed by atoms with van der Waals surface area (Å²) < 4.78 is 40.3. The standard InChI is InChI=1S/C25H31N3O4S2/c1-3-32-22-11-9-21(10-12-22)26-25-28(17-6-18-31-2)24(19-33-25)20-7-13-23(14-8-20)34(29,30)27-15-4-5-16-27/h7-14,19H,3-6,15-18H2,1-2H3. The molecule has 1 aromatic heterocycles. The number of aromatic nitrogens is 1. The zero-order chi connectivity index (χ0) is 24.0. The fourth-order valence-corrected chi connectivity index (χ4v) is 6.47. The molecule has 0 spiro atoms. The molecule has 0 saturated carbocycles. The Hall–Kier alpha value is -2.46. The highest BCUT2D eigenvalue weighted by molar-refractivity contribution is 7.89. The van der Waals surface area contributed by atoms with Crippen molar-refractivity contribution in [2.45, 2.75) is 37.6 Å². The molecule has 0 bridgehead atoms. The lowest BCUT2D eigenvalue weighted by atomic mass is 10.2. The number of sulfonamides is 1. The molecule has 1 aliphatic rings. The minimum atomic E-state index is -3.42. The molecule has 1 saturated heterocycles. The molecule has 9 heteroatoms. The van der Waals surface area contributed by atoms with Crippen LogP contribution in [-0.2, 0) is 21.3 Å². The van der Waals surface area contributed by atoms with Crippen LogP contribution in [0.2, 0.25) is 0 Å². The number of ether oxygens (including phenoxy) is 2. The quantitative estimate of drug-likeness (QED) is 0.379. The molecule has 3 aromatic rings. The van der Waals surface area contributed by atoms with Crippen LogP contribution >= 0.6 is 11.3 Å². The van der Waals surface area contributed by atoms with E-state index in [9.17, 15) is 8.42 Å². The second-order valence-corrected chi connectivity index (χ2v) is 10.9. The topological polar surface area (TPSA) is 73.1 Å². The van der Waals surface area contributed by atoms with E-state index in [1.807, 2.05) is 43.3 Å². The van der Waals surface area contributed by atoms with Gasteiger partial charge in [-0.15, -0.1) is 11.3 Å². The van der Waals surface area contributed by atoms with Crippen LogP contribution in [0.3, 0.4) is 0 Å². The number of thiazole rings is 1. The molecule has 34 heavy (non-hydrogen) atoms. The van der Waals surface area contributed by atoms with Crippen LogP contribution in [0.1, 0.15) is 26.2 Å². The normalized spacial score (nSPS) is 15.2. The van der Waals surface area contributed by atoms with Crippen molar-refractivity contribution >= 4 is 27.0 Å². The van der Waals surface area contributed by atoms with Crippen molar-refractivity contribution in [2.24, 2.45) is 4.99 Å². The van der Waals surface area contributed by atoms with Gasteiger partial charge in [-0.1, -0.05) is 12.1 Å². The summed E-state index contributed by atoms with van der Waals surface area (Å²) in [6, 6.07) is 14.9. The van der Waals surface area contributed by atoms with Crippen molar-refractivity contribution < 1.29 is 17.9 Å². The highest BCUT2D eigenvalue weighted by atomic mass is 32.2. The van der Waals surface area contributed by atoms with E-state index >= 15 is 0 Å². The first-order valence-corrected chi connectivity index (χ1v) is 13.9. The van der Waals surface area contributed by atoms with Crippen LogP contribution < -0.4 is 9.54 Å². The van der Waals surface area contributed by atoms with Gasteiger partial charge >= 0.3 is 0 Å². The largest absolute Gasteiger partial charge is 0.494 e. The van der Waals surface area contributed by atoms with Gasteiger partial charge in [-0.2, -0.15) is 4.31 Å². The van der Waals surface area contributed by atoms with Gasteiger partial charge in [-0.3, -0.25) is 0 Å². The van der Waals surface area contributed by atoms with Crippen molar-refractivity contribution in [3.8, 4) is 17.0 Å². The lowest BCUT2D eigenvalue weighted by Crippen LogP contribution is -2.27. The molecule has 1 aliphatic heterocycles. The van der Waals surface area contributed by atoms with Gasteiger partial charge in [0.15, 0.2) is 4.80 Å². The molecule has 2 heterocycles. The summed E-state index contributed by atoms with van der Waals surface area (Å²) in [6.07, 6.45) is 2.70. The van der Waals surface area contributed by atoms with Crippen molar-refractivity contribution in [1.82, 2.24) is 8.87 Å². The van der Waals surface area contributed by atoms with Crippen LogP contribution in [0.25, 0.3) is 11.3 Å². The number of benzene rings is 2.